The molecule has 1 rings (SSSR count). The highest BCUT2D eigenvalue weighted by Crippen LogP contribution is 2.13. The molecule has 1 aromatic heterocycles. The third-order valence-electron chi connectivity index (χ3n) is 1.67. The quantitative estimate of drug-likeness (QED) is 0.779. The van der Waals surface area contributed by atoms with Crippen LogP contribution in [0.2, 0.25) is 0 Å². The number of anilines is 1. The van der Waals surface area contributed by atoms with E-state index in [0.717, 1.165) is 5.69 Å². The zero-order chi connectivity index (χ0) is 10.6. The van der Waals surface area contributed by atoms with Gasteiger partial charge in [-0.25, -0.2) is 9.97 Å². The maximum Gasteiger partial charge on any atom is 0.240 e. The Hall–Kier alpha value is -1.16. The maximum absolute atomic E-state index is 11.0. The topological polar surface area (TPSA) is 54.9 Å². The van der Waals surface area contributed by atoms with E-state index in [-0.39, 0.29) is 11.8 Å². The van der Waals surface area contributed by atoms with Crippen LogP contribution in [0, 0.1) is 0 Å². The second-order valence-electron chi connectivity index (χ2n) is 3.16. The molecule has 0 aromatic carbocycles. The molecule has 0 saturated carbocycles. The average molecular weight is 214 g/mol. The minimum Gasteiger partial charge on any atom is -0.310 e. The van der Waals surface area contributed by atoms with Gasteiger partial charge < -0.3 is 5.32 Å². The molecule has 1 N–H and O–H groups in total. The van der Waals surface area contributed by atoms with Crippen molar-refractivity contribution in [1.82, 2.24) is 9.97 Å². The zero-order valence-corrected chi connectivity index (χ0v) is 8.88. The van der Waals surface area contributed by atoms with Gasteiger partial charge in [0.1, 0.15) is 18.0 Å². The summed E-state index contributed by atoms with van der Waals surface area (Å²) in [7, 11) is 0. The van der Waals surface area contributed by atoms with E-state index in [2.05, 4.69) is 15.3 Å². The molecule has 0 aliphatic heterocycles. The van der Waals surface area contributed by atoms with Gasteiger partial charge in [0.15, 0.2) is 0 Å². The minimum atomic E-state index is -0.264. The highest BCUT2D eigenvalue weighted by atomic mass is 35.5. The first kappa shape index (κ1) is 10.9. The summed E-state index contributed by atoms with van der Waals surface area (Å²) in [6.07, 6.45) is 1.43. The van der Waals surface area contributed by atoms with Gasteiger partial charge in [0.2, 0.25) is 5.91 Å². The molecule has 14 heavy (non-hydrogen) atoms. The van der Waals surface area contributed by atoms with Crippen LogP contribution >= 0.6 is 11.6 Å². The Morgan fingerprint density at radius 3 is 2.86 bits per heavy atom. The molecule has 0 bridgehead atoms. The second-order valence-corrected chi connectivity index (χ2v) is 3.43. The standard InChI is InChI=1S/C9H12ClN3O/c1-6(2)7-3-8(12-5-11-7)13-9(14)4-10/h3,5-6H,4H2,1-2H3,(H,11,12,13,14). The average Bonchev–Trinajstić information content (AvgIpc) is 2.18. The molecule has 0 aliphatic carbocycles. The van der Waals surface area contributed by atoms with Gasteiger partial charge in [-0.05, 0) is 5.92 Å². The smallest absolute Gasteiger partial charge is 0.240 e. The molecule has 4 nitrogen and oxygen atoms in total. The molecule has 0 radical (unpaired) electrons. The van der Waals surface area contributed by atoms with E-state index in [1.807, 2.05) is 13.8 Å². The third kappa shape index (κ3) is 2.96. The van der Waals surface area contributed by atoms with Crippen molar-refractivity contribution in [3.8, 4) is 0 Å². The molecule has 0 unspecified atom stereocenters. The number of nitrogens with zero attached hydrogens (tertiary/aromatic N) is 2. The lowest BCUT2D eigenvalue weighted by molar-refractivity contribution is -0.113. The van der Waals surface area contributed by atoms with Gasteiger partial charge in [0.05, 0.1) is 0 Å². The van der Waals surface area contributed by atoms with Crippen LogP contribution in [0.3, 0.4) is 0 Å². The van der Waals surface area contributed by atoms with Crippen molar-refractivity contribution in [2.24, 2.45) is 0 Å². The summed E-state index contributed by atoms with van der Waals surface area (Å²) in [5, 5.41) is 2.56. The first-order chi connectivity index (χ1) is 6.63. The molecule has 1 heterocycles. The second kappa shape index (κ2) is 4.91. The van der Waals surface area contributed by atoms with Crippen molar-refractivity contribution < 1.29 is 4.79 Å². The normalized spacial score (nSPS) is 10.3. The number of carbonyl (C=O) groups excluding carboxylic acids is 1. The maximum atomic E-state index is 11.0. The summed E-state index contributed by atoms with van der Waals surface area (Å²) in [5.41, 5.74) is 0.893. The van der Waals surface area contributed by atoms with Crippen LogP contribution in [-0.4, -0.2) is 21.8 Å². The van der Waals surface area contributed by atoms with Gasteiger partial charge in [0.25, 0.3) is 0 Å². The van der Waals surface area contributed by atoms with E-state index in [9.17, 15) is 4.79 Å². The van der Waals surface area contributed by atoms with E-state index in [0.29, 0.717) is 11.7 Å². The van der Waals surface area contributed by atoms with Crippen LogP contribution in [0.5, 0.6) is 0 Å². The summed E-state index contributed by atoms with van der Waals surface area (Å²) in [5.74, 6) is 0.472. The summed E-state index contributed by atoms with van der Waals surface area (Å²) in [6, 6.07) is 1.75. The summed E-state index contributed by atoms with van der Waals surface area (Å²) >= 11 is 5.35. The lowest BCUT2D eigenvalue weighted by atomic mass is 10.1. The van der Waals surface area contributed by atoms with E-state index < -0.39 is 0 Å². The van der Waals surface area contributed by atoms with Crippen LogP contribution in [-0.2, 0) is 4.79 Å². The number of nitrogens with one attached hydrogen (secondary N) is 1. The van der Waals surface area contributed by atoms with Crippen LogP contribution in [0.4, 0.5) is 5.82 Å². The predicted octanol–water partition coefficient (Wildman–Crippen LogP) is 1.78. The molecule has 0 aliphatic rings. The number of aromatic nitrogens is 2. The van der Waals surface area contributed by atoms with Crippen molar-refractivity contribution in [3.63, 3.8) is 0 Å². The van der Waals surface area contributed by atoms with Crippen molar-refractivity contribution in [2.75, 3.05) is 11.2 Å². The van der Waals surface area contributed by atoms with Crippen molar-refractivity contribution in [3.05, 3.63) is 18.1 Å². The fourth-order valence-corrected chi connectivity index (χ4v) is 1.000. The Labute approximate surface area is 87.7 Å². The largest absolute Gasteiger partial charge is 0.310 e. The summed E-state index contributed by atoms with van der Waals surface area (Å²) < 4.78 is 0. The Balaban J connectivity index is 2.78. The number of hydrogen-bond acceptors (Lipinski definition) is 3. The molecule has 76 valence electrons. The fourth-order valence-electron chi connectivity index (χ4n) is 0.933. The molecular weight excluding hydrogens is 202 g/mol. The SMILES string of the molecule is CC(C)c1cc(NC(=O)CCl)ncn1. The molecule has 0 atom stereocenters. The first-order valence-corrected chi connectivity index (χ1v) is 4.84. The molecule has 1 amide bonds. The number of rotatable bonds is 3. The number of amides is 1. The van der Waals surface area contributed by atoms with E-state index in [1.165, 1.54) is 6.33 Å². The Morgan fingerprint density at radius 1 is 1.57 bits per heavy atom. The Bertz CT molecular complexity index is 328. The van der Waals surface area contributed by atoms with Gasteiger partial charge in [-0.3, -0.25) is 4.79 Å². The van der Waals surface area contributed by atoms with Crippen LogP contribution in [0.1, 0.15) is 25.5 Å². The number of alkyl halides is 1. The van der Waals surface area contributed by atoms with Gasteiger partial charge in [-0.15, -0.1) is 11.6 Å². The monoisotopic (exact) mass is 213 g/mol. The van der Waals surface area contributed by atoms with Gasteiger partial charge in [-0.2, -0.15) is 0 Å². The summed E-state index contributed by atoms with van der Waals surface area (Å²) in [6.45, 7) is 4.05. The van der Waals surface area contributed by atoms with Gasteiger partial charge in [0, 0.05) is 11.8 Å². The minimum absolute atomic E-state index is 0.0684. The number of carbonyl (C=O) groups is 1. The lowest BCUT2D eigenvalue weighted by Crippen LogP contribution is -2.14. The van der Waals surface area contributed by atoms with Crippen molar-refractivity contribution in [2.45, 2.75) is 19.8 Å². The molecule has 5 heteroatoms. The van der Waals surface area contributed by atoms with E-state index >= 15 is 0 Å². The van der Waals surface area contributed by atoms with Crippen molar-refractivity contribution >= 4 is 23.3 Å². The molecule has 0 spiro atoms. The van der Waals surface area contributed by atoms with Crippen LogP contribution in [0.25, 0.3) is 0 Å². The predicted molar refractivity (Wildman–Crippen MR) is 55.5 cm³/mol. The highest BCUT2D eigenvalue weighted by molar-refractivity contribution is 6.28. The van der Waals surface area contributed by atoms with Crippen molar-refractivity contribution in [1.29, 1.82) is 0 Å². The van der Waals surface area contributed by atoms with Gasteiger partial charge in [-0.1, -0.05) is 13.8 Å². The van der Waals surface area contributed by atoms with Gasteiger partial charge >= 0.3 is 0 Å². The van der Waals surface area contributed by atoms with E-state index in [4.69, 9.17) is 11.6 Å². The van der Waals surface area contributed by atoms with E-state index in [1.54, 1.807) is 6.07 Å². The zero-order valence-electron chi connectivity index (χ0n) is 8.12. The highest BCUT2D eigenvalue weighted by Gasteiger charge is 2.05. The molecular formula is C9H12ClN3O. The molecule has 0 fully saturated rings. The lowest BCUT2D eigenvalue weighted by Gasteiger charge is -2.06. The third-order valence-corrected chi connectivity index (χ3v) is 1.91. The first-order valence-electron chi connectivity index (χ1n) is 4.31. The Morgan fingerprint density at radius 2 is 2.29 bits per heavy atom. The summed E-state index contributed by atoms with van der Waals surface area (Å²) in [4.78, 5) is 18.9. The molecule has 1 aromatic rings. The van der Waals surface area contributed by atoms with Crippen LogP contribution in [0.15, 0.2) is 12.4 Å². The van der Waals surface area contributed by atoms with Crippen LogP contribution < -0.4 is 5.32 Å². The number of halogens is 1. The fraction of sp³-hybridized carbons (Fsp3) is 0.444. The number of hydrogen-bond donors (Lipinski definition) is 1. The molecule has 0 saturated heterocycles. The Kier molecular flexibility index (Phi) is 3.83.